The first-order valence-corrected chi connectivity index (χ1v) is 8.03. The van der Waals surface area contributed by atoms with Crippen LogP contribution in [0.5, 0.6) is 0 Å². The molecule has 1 atom stereocenters. The molecule has 0 aromatic carbocycles. The summed E-state index contributed by atoms with van der Waals surface area (Å²) in [4.78, 5) is 10.2. The number of rotatable bonds is 11. The SMILES string of the molecule is CCCC[C@@H](O)C#CC#CCCCCCCCCC(=O)[O-]. The Morgan fingerprint density at radius 1 is 1.05 bits per heavy atom. The van der Waals surface area contributed by atoms with Crippen molar-refractivity contribution in [2.75, 3.05) is 0 Å². The molecule has 3 nitrogen and oxygen atoms in total. The molecule has 0 aliphatic rings. The van der Waals surface area contributed by atoms with Gasteiger partial charge in [-0.1, -0.05) is 57.3 Å². The minimum atomic E-state index is -0.953. The normalized spacial score (nSPS) is 11.0. The lowest BCUT2D eigenvalue weighted by molar-refractivity contribution is -0.305. The van der Waals surface area contributed by atoms with Crippen LogP contribution >= 0.6 is 0 Å². The van der Waals surface area contributed by atoms with E-state index in [9.17, 15) is 15.0 Å². The Bertz CT molecular complexity index is 379. The molecule has 0 spiro atoms. The van der Waals surface area contributed by atoms with Gasteiger partial charge in [-0.05, 0) is 37.5 Å². The molecule has 1 N–H and O–H groups in total. The third kappa shape index (κ3) is 16.5. The minimum Gasteiger partial charge on any atom is -0.550 e. The Morgan fingerprint density at radius 2 is 1.71 bits per heavy atom. The van der Waals surface area contributed by atoms with Gasteiger partial charge in [-0.2, -0.15) is 0 Å². The second-order valence-corrected chi connectivity index (χ2v) is 5.22. The van der Waals surface area contributed by atoms with E-state index >= 15 is 0 Å². The van der Waals surface area contributed by atoms with Crippen molar-refractivity contribution in [3.05, 3.63) is 0 Å². The maximum Gasteiger partial charge on any atom is 0.115 e. The van der Waals surface area contributed by atoms with Gasteiger partial charge in [0.1, 0.15) is 6.10 Å². The van der Waals surface area contributed by atoms with Crippen LogP contribution in [0.15, 0.2) is 0 Å². The Balaban J connectivity index is 3.41. The highest BCUT2D eigenvalue weighted by atomic mass is 16.4. The number of hydrogen-bond donors (Lipinski definition) is 1. The number of carboxylic acids is 1. The third-order valence-electron chi connectivity index (χ3n) is 3.15. The fraction of sp³-hybridized carbons (Fsp3) is 0.722. The van der Waals surface area contributed by atoms with E-state index < -0.39 is 12.1 Å². The standard InChI is InChI=1S/C18H28O3/c1-2-3-14-17(19)15-12-10-8-6-4-5-7-9-11-13-16-18(20)21/h17,19H,2-7,9,11,13-14,16H2,1H3,(H,20,21)/p-1/t17-/m1/s1. The predicted molar refractivity (Wildman–Crippen MR) is 83.0 cm³/mol. The molecule has 0 heterocycles. The summed E-state index contributed by atoms with van der Waals surface area (Å²) < 4.78 is 0. The van der Waals surface area contributed by atoms with Crippen LogP contribution in [0.1, 0.15) is 77.6 Å². The monoisotopic (exact) mass is 291 g/mol. The molecule has 0 aromatic rings. The van der Waals surface area contributed by atoms with Crippen molar-refractivity contribution in [2.45, 2.75) is 83.7 Å². The topological polar surface area (TPSA) is 60.4 Å². The summed E-state index contributed by atoms with van der Waals surface area (Å²) in [5.41, 5.74) is 0. The van der Waals surface area contributed by atoms with Gasteiger partial charge >= 0.3 is 0 Å². The number of carbonyl (C=O) groups is 1. The maximum atomic E-state index is 10.2. The van der Waals surface area contributed by atoms with E-state index in [-0.39, 0.29) is 6.42 Å². The molecule has 0 aromatic heterocycles. The van der Waals surface area contributed by atoms with E-state index in [0.717, 1.165) is 64.2 Å². The fourth-order valence-corrected chi connectivity index (χ4v) is 1.89. The smallest absolute Gasteiger partial charge is 0.115 e. The maximum absolute atomic E-state index is 10.2. The molecule has 0 radical (unpaired) electrons. The summed E-state index contributed by atoms with van der Waals surface area (Å²) in [5.74, 6) is 10.2. The Labute approximate surface area is 129 Å². The van der Waals surface area contributed by atoms with E-state index in [4.69, 9.17) is 0 Å². The number of aliphatic hydroxyl groups is 1. The molecule has 0 rings (SSSR count). The Hall–Kier alpha value is -1.45. The lowest BCUT2D eigenvalue weighted by Crippen LogP contribution is -2.21. The molecule has 0 amide bonds. The Morgan fingerprint density at radius 3 is 2.38 bits per heavy atom. The van der Waals surface area contributed by atoms with Crippen molar-refractivity contribution in [2.24, 2.45) is 0 Å². The zero-order valence-corrected chi connectivity index (χ0v) is 13.1. The first kappa shape index (κ1) is 19.6. The quantitative estimate of drug-likeness (QED) is 0.470. The van der Waals surface area contributed by atoms with Crippen LogP contribution in [0.4, 0.5) is 0 Å². The highest BCUT2D eigenvalue weighted by Crippen LogP contribution is 2.07. The lowest BCUT2D eigenvalue weighted by Gasteiger charge is -2.01. The number of aliphatic carboxylic acids is 1. The van der Waals surface area contributed by atoms with E-state index in [0.29, 0.717) is 0 Å². The second kappa shape index (κ2) is 14.9. The molecule has 3 heteroatoms. The number of hydrogen-bond acceptors (Lipinski definition) is 3. The average Bonchev–Trinajstić information content (AvgIpc) is 2.45. The number of unbranched alkanes of at least 4 members (excludes halogenated alkanes) is 7. The molecule has 0 unspecified atom stereocenters. The lowest BCUT2D eigenvalue weighted by atomic mass is 10.1. The summed E-state index contributed by atoms with van der Waals surface area (Å²) in [6.07, 6.45) is 9.29. The van der Waals surface area contributed by atoms with Gasteiger partial charge in [-0.15, -0.1) is 0 Å². The summed E-state index contributed by atoms with van der Waals surface area (Å²) in [7, 11) is 0. The van der Waals surface area contributed by atoms with Crippen LogP contribution in [0.2, 0.25) is 0 Å². The number of carbonyl (C=O) groups excluding carboxylic acids is 1. The summed E-state index contributed by atoms with van der Waals surface area (Å²) in [6, 6.07) is 0. The Kier molecular flexibility index (Phi) is 13.9. The van der Waals surface area contributed by atoms with Gasteiger partial charge in [-0.3, -0.25) is 0 Å². The summed E-state index contributed by atoms with van der Waals surface area (Å²) in [5, 5.41) is 19.7. The molecule has 0 saturated carbocycles. The van der Waals surface area contributed by atoms with Crippen molar-refractivity contribution in [1.82, 2.24) is 0 Å². The van der Waals surface area contributed by atoms with E-state index in [1.54, 1.807) is 0 Å². The van der Waals surface area contributed by atoms with Crippen LogP contribution in [0, 0.1) is 23.7 Å². The minimum absolute atomic E-state index is 0.175. The zero-order chi connectivity index (χ0) is 15.8. The number of aliphatic hydroxyl groups excluding tert-OH is 1. The van der Waals surface area contributed by atoms with Gasteiger partial charge in [0.05, 0.1) is 0 Å². The third-order valence-corrected chi connectivity index (χ3v) is 3.15. The predicted octanol–water partition coefficient (Wildman–Crippen LogP) is 2.42. The van der Waals surface area contributed by atoms with Crippen LogP contribution < -0.4 is 5.11 Å². The van der Waals surface area contributed by atoms with Gasteiger partial charge in [0.25, 0.3) is 0 Å². The molecular weight excluding hydrogens is 264 g/mol. The number of carboxylic acid groups (broad SMARTS) is 1. The van der Waals surface area contributed by atoms with Crippen molar-refractivity contribution >= 4 is 5.97 Å². The first-order valence-electron chi connectivity index (χ1n) is 8.03. The van der Waals surface area contributed by atoms with Crippen LogP contribution in [-0.2, 0) is 4.79 Å². The van der Waals surface area contributed by atoms with E-state index in [1.165, 1.54) is 0 Å². The van der Waals surface area contributed by atoms with Crippen LogP contribution in [0.3, 0.4) is 0 Å². The van der Waals surface area contributed by atoms with Gasteiger partial charge in [-0.25, -0.2) is 0 Å². The largest absolute Gasteiger partial charge is 0.550 e. The summed E-state index contributed by atoms with van der Waals surface area (Å²) in [6.45, 7) is 2.09. The highest BCUT2D eigenvalue weighted by molar-refractivity contribution is 5.64. The van der Waals surface area contributed by atoms with Crippen molar-refractivity contribution in [1.29, 1.82) is 0 Å². The molecular formula is C18H27O3-. The molecule has 0 aliphatic heterocycles. The average molecular weight is 291 g/mol. The van der Waals surface area contributed by atoms with Crippen LogP contribution in [-0.4, -0.2) is 17.2 Å². The molecule has 0 aliphatic carbocycles. The van der Waals surface area contributed by atoms with Gasteiger partial charge in [0.15, 0.2) is 0 Å². The molecule has 0 fully saturated rings. The highest BCUT2D eigenvalue weighted by Gasteiger charge is 1.95. The van der Waals surface area contributed by atoms with Gasteiger partial charge in [0.2, 0.25) is 0 Å². The van der Waals surface area contributed by atoms with Gasteiger partial charge in [0, 0.05) is 12.4 Å². The zero-order valence-electron chi connectivity index (χ0n) is 13.1. The molecule has 21 heavy (non-hydrogen) atoms. The van der Waals surface area contributed by atoms with Gasteiger partial charge < -0.3 is 15.0 Å². The van der Waals surface area contributed by atoms with Crippen LogP contribution in [0.25, 0.3) is 0 Å². The van der Waals surface area contributed by atoms with E-state index in [2.05, 4.69) is 30.6 Å². The summed E-state index contributed by atoms with van der Waals surface area (Å²) >= 11 is 0. The van der Waals surface area contributed by atoms with E-state index in [1.807, 2.05) is 0 Å². The fourth-order valence-electron chi connectivity index (χ4n) is 1.89. The second-order valence-electron chi connectivity index (χ2n) is 5.22. The van der Waals surface area contributed by atoms with Crippen molar-refractivity contribution in [3.8, 4) is 23.7 Å². The molecule has 0 bridgehead atoms. The van der Waals surface area contributed by atoms with Crippen molar-refractivity contribution in [3.63, 3.8) is 0 Å². The van der Waals surface area contributed by atoms with Crippen molar-refractivity contribution < 1.29 is 15.0 Å². The molecule has 0 saturated heterocycles. The first-order chi connectivity index (χ1) is 10.2. The molecule has 118 valence electrons.